The Bertz CT molecular complexity index is 528. The molecule has 5 nitrogen and oxygen atoms in total. The van der Waals surface area contributed by atoms with Crippen molar-refractivity contribution in [3.63, 3.8) is 0 Å². The number of guanidine groups is 1. The number of nitrogens with one attached hydrogen (secondary N) is 2. The molecule has 8 heteroatoms. The lowest BCUT2D eigenvalue weighted by Crippen LogP contribution is -2.43. The molecule has 1 unspecified atom stereocenters. The lowest BCUT2D eigenvalue weighted by molar-refractivity contribution is -0.0512. The Hall–Kier alpha value is -1.32. The Balaban J connectivity index is 0.00000529. The summed E-state index contributed by atoms with van der Waals surface area (Å²) in [6.07, 6.45) is 0. The second kappa shape index (κ2) is 11.3. The first-order valence-corrected chi connectivity index (χ1v) is 7.46. The van der Waals surface area contributed by atoms with E-state index in [1.807, 2.05) is 0 Å². The van der Waals surface area contributed by atoms with Crippen LogP contribution in [0.5, 0.6) is 11.5 Å². The van der Waals surface area contributed by atoms with Crippen LogP contribution in [0.3, 0.4) is 0 Å². The van der Waals surface area contributed by atoms with Gasteiger partial charge in [0.05, 0.1) is 7.11 Å². The van der Waals surface area contributed by atoms with Crippen LogP contribution in [0.25, 0.3) is 0 Å². The number of benzene rings is 1. The molecular formula is C16H26F2IN3O2. The fourth-order valence-corrected chi connectivity index (χ4v) is 1.78. The molecule has 0 aliphatic heterocycles. The molecule has 1 rings (SSSR count). The van der Waals surface area contributed by atoms with Crippen LogP contribution in [-0.4, -0.2) is 32.8 Å². The monoisotopic (exact) mass is 457 g/mol. The third-order valence-corrected chi connectivity index (χ3v) is 3.49. The number of hydrogen-bond donors (Lipinski definition) is 2. The van der Waals surface area contributed by atoms with Crippen molar-refractivity contribution in [3.05, 3.63) is 23.8 Å². The summed E-state index contributed by atoms with van der Waals surface area (Å²) in [5.41, 5.74) is 0.779. The number of alkyl halides is 2. The van der Waals surface area contributed by atoms with Crippen LogP contribution in [0.4, 0.5) is 8.78 Å². The Kier molecular flexibility index (Phi) is 10.7. The van der Waals surface area contributed by atoms with Crippen LogP contribution < -0.4 is 20.1 Å². The lowest BCUT2D eigenvalue weighted by Gasteiger charge is -2.21. The molecule has 1 aromatic carbocycles. The van der Waals surface area contributed by atoms with Crippen LogP contribution in [0, 0.1) is 5.92 Å². The number of rotatable bonds is 7. The van der Waals surface area contributed by atoms with Crippen LogP contribution in [0.15, 0.2) is 23.2 Å². The highest BCUT2D eigenvalue weighted by molar-refractivity contribution is 14.0. The van der Waals surface area contributed by atoms with E-state index in [9.17, 15) is 8.78 Å². The molecule has 1 atom stereocenters. The van der Waals surface area contributed by atoms with E-state index in [0.29, 0.717) is 18.4 Å². The van der Waals surface area contributed by atoms with E-state index >= 15 is 0 Å². The van der Waals surface area contributed by atoms with Gasteiger partial charge in [-0.1, -0.05) is 19.9 Å². The van der Waals surface area contributed by atoms with Gasteiger partial charge < -0.3 is 20.1 Å². The highest BCUT2D eigenvalue weighted by Crippen LogP contribution is 2.29. The molecule has 0 aromatic heterocycles. The van der Waals surface area contributed by atoms with E-state index in [4.69, 9.17) is 4.74 Å². The van der Waals surface area contributed by atoms with Crippen molar-refractivity contribution in [3.8, 4) is 11.5 Å². The molecule has 0 bridgehead atoms. The van der Waals surface area contributed by atoms with Gasteiger partial charge in [0.1, 0.15) is 0 Å². The Morgan fingerprint density at radius 2 is 1.88 bits per heavy atom. The third kappa shape index (κ3) is 7.50. The number of hydrogen-bond acceptors (Lipinski definition) is 3. The fraction of sp³-hybridized carbons (Fsp3) is 0.562. The van der Waals surface area contributed by atoms with Crippen molar-refractivity contribution in [2.24, 2.45) is 10.9 Å². The van der Waals surface area contributed by atoms with E-state index < -0.39 is 6.61 Å². The maximum absolute atomic E-state index is 12.4. The van der Waals surface area contributed by atoms with Gasteiger partial charge >= 0.3 is 6.61 Å². The van der Waals surface area contributed by atoms with Gasteiger partial charge in [-0.2, -0.15) is 8.78 Å². The van der Waals surface area contributed by atoms with Crippen molar-refractivity contribution in [1.82, 2.24) is 10.6 Å². The lowest BCUT2D eigenvalue weighted by atomic mass is 10.1. The molecule has 2 N–H and O–H groups in total. The first kappa shape index (κ1) is 22.7. The molecule has 0 saturated heterocycles. The minimum Gasteiger partial charge on any atom is -0.493 e. The predicted molar refractivity (Wildman–Crippen MR) is 103 cm³/mol. The van der Waals surface area contributed by atoms with Crippen LogP contribution >= 0.6 is 24.0 Å². The van der Waals surface area contributed by atoms with Crippen molar-refractivity contribution in [2.75, 3.05) is 14.2 Å². The number of halogens is 3. The van der Waals surface area contributed by atoms with Crippen molar-refractivity contribution in [2.45, 2.75) is 40.0 Å². The van der Waals surface area contributed by atoms with E-state index in [1.165, 1.54) is 13.2 Å². The van der Waals surface area contributed by atoms with Crippen molar-refractivity contribution in [1.29, 1.82) is 0 Å². The van der Waals surface area contributed by atoms with Crippen LogP contribution in [0.2, 0.25) is 0 Å². The summed E-state index contributed by atoms with van der Waals surface area (Å²) in [6, 6.07) is 5.16. The van der Waals surface area contributed by atoms with Crippen molar-refractivity contribution < 1.29 is 18.3 Å². The molecule has 0 radical (unpaired) electrons. The van der Waals surface area contributed by atoms with Gasteiger partial charge in [0.2, 0.25) is 0 Å². The quantitative estimate of drug-likeness (QED) is 0.373. The molecule has 0 aliphatic rings. The largest absolute Gasteiger partial charge is 0.493 e. The van der Waals surface area contributed by atoms with Gasteiger partial charge in [0, 0.05) is 19.6 Å². The molecular weight excluding hydrogens is 431 g/mol. The third-order valence-electron chi connectivity index (χ3n) is 3.49. The molecule has 138 valence electrons. The van der Waals surface area contributed by atoms with Gasteiger partial charge in [0.15, 0.2) is 17.5 Å². The van der Waals surface area contributed by atoms with Gasteiger partial charge in [-0.25, -0.2) is 0 Å². The summed E-state index contributed by atoms with van der Waals surface area (Å²) >= 11 is 0. The molecule has 1 aromatic rings. The molecule has 0 saturated carbocycles. The molecule has 0 amide bonds. The fourth-order valence-electron chi connectivity index (χ4n) is 1.78. The number of aliphatic imine (C=N–C) groups is 1. The second-order valence-corrected chi connectivity index (χ2v) is 5.47. The molecule has 0 spiro atoms. The summed E-state index contributed by atoms with van der Waals surface area (Å²) in [5.74, 6) is 1.39. The second-order valence-electron chi connectivity index (χ2n) is 5.47. The van der Waals surface area contributed by atoms with Gasteiger partial charge in [-0.15, -0.1) is 24.0 Å². The maximum atomic E-state index is 12.4. The zero-order chi connectivity index (χ0) is 17.4. The zero-order valence-corrected chi connectivity index (χ0v) is 16.9. The number of ether oxygens (including phenoxy) is 2. The zero-order valence-electron chi connectivity index (χ0n) is 14.6. The van der Waals surface area contributed by atoms with E-state index in [2.05, 4.69) is 41.1 Å². The van der Waals surface area contributed by atoms with E-state index in [1.54, 1.807) is 19.2 Å². The standard InChI is InChI=1S/C16H25F2N3O2.HI/c1-10(2)11(3)21-16(19-4)20-9-12-6-7-13(22-5)14(8-12)23-15(17)18;/h6-8,10-11,15H,9H2,1-5H3,(H2,19,20,21);1H. The smallest absolute Gasteiger partial charge is 0.387 e. The minimum atomic E-state index is -2.89. The van der Waals surface area contributed by atoms with Crippen LogP contribution in [0.1, 0.15) is 26.3 Å². The molecule has 0 aliphatic carbocycles. The Morgan fingerprint density at radius 1 is 1.21 bits per heavy atom. The van der Waals surface area contributed by atoms with Crippen molar-refractivity contribution >= 4 is 29.9 Å². The SMILES string of the molecule is CN=C(NCc1ccc(OC)c(OC(F)F)c1)NC(C)C(C)C.I. The summed E-state index contributed by atoms with van der Waals surface area (Å²) < 4.78 is 34.4. The first-order chi connectivity index (χ1) is 10.9. The first-order valence-electron chi connectivity index (χ1n) is 7.46. The average Bonchev–Trinajstić information content (AvgIpc) is 2.50. The van der Waals surface area contributed by atoms with Gasteiger partial charge in [0.25, 0.3) is 0 Å². The Morgan fingerprint density at radius 3 is 2.38 bits per heavy atom. The van der Waals surface area contributed by atoms with E-state index in [-0.39, 0.29) is 41.5 Å². The normalized spacial score (nSPS) is 12.6. The molecule has 24 heavy (non-hydrogen) atoms. The van der Waals surface area contributed by atoms with Gasteiger partial charge in [-0.05, 0) is 30.5 Å². The molecule has 0 heterocycles. The minimum absolute atomic E-state index is 0. The number of nitrogens with zero attached hydrogens (tertiary/aromatic N) is 1. The number of methoxy groups -OCH3 is 1. The highest BCUT2D eigenvalue weighted by atomic mass is 127. The predicted octanol–water partition coefficient (Wildman–Crippen LogP) is 3.62. The highest BCUT2D eigenvalue weighted by Gasteiger charge is 2.12. The summed E-state index contributed by atoms with van der Waals surface area (Å²) in [4.78, 5) is 4.15. The summed E-state index contributed by atoms with van der Waals surface area (Å²) in [5, 5.41) is 6.41. The van der Waals surface area contributed by atoms with Gasteiger partial charge in [-0.3, -0.25) is 4.99 Å². The summed E-state index contributed by atoms with van der Waals surface area (Å²) in [6.45, 7) is 3.83. The summed E-state index contributed by atoms with van der Waals surface area (Å²) in [7, 11) is 3.09. The van der Waals surface area contributed by atoms with E-state index in [0.717, 1.165) is 5.56 Å². The molecule has 0 fully saturated rings. The average molecular weight is 457 g/mol. The van der Waals surface area contributed by atoms with Crippen LogP contribution in [-0.2, 0) is 6.54 Å². The Labute approximate surface area is 159 Å². The topological polar surface area (TPSA) is 54.9 Å². The maximum Gasteiger partial charge on any atom is 0.387 e.